The largest absolute Gasteiger partial charge is 0.353 e. The topological polar surface area (TPSA) is 44.8 Å². The van der Waals surface area contributed by atoms with E-state index >= 15 is 0 Å². The lowest BCUT2D eigenvalue weighted by Crippen LogP contribution is -2.30. The second-order valence-electron chi connectivity index (χ2n) is 6.40. The molecule has 25 heavy (non-hydrogen) atoms. The van der Waals surface area contributed by atoms with Gasteiger partial charge in [0.1, 0.15) is 11.6 Å². The van der Waals surface area contributed by atoms with Crippen molar-refractivity contribution in [2.24, 2.45) is 0 Å². The summed E-state index contributed by atoms with van der Waals surface area (Å²) in [6.07, 6.45) is 5.47. The molecule has 2 radical (unpaired) electrons. The highest BCUT2D eigenvalue weighted by atomic mass is 19.1. The SMILES string of the molecule is [B]N1CCC(c2nc(-c3ccc(F)cc3)c(-c3ccncc3)[nH]2)CC1. The highest BCUT2D eigenvalue weighted by Crippen LogP contribution is 2.34. The van der Waals surface area contributed by atoms with Crippen molar-refractivity contribution in [2.45, 2.75) is 18.8 Å². The first-order valence-electron chi connectivity index (χ1n) is 8.46. The van der Waals surface area contributed by atoms with Crippen LogP contribution in [-0.2, 0) is 0 Å². The van der Waals surface area contributed by atoms with E-state index in [2.05, 4.69) is 9.97 Å². The van der Waals surface area contributed by atoms with Gasteiger partial charge in [-0.2, -0.15) is 0 Å². The van der Waals surface area contributed by atoms with Gasteiger partial charge in [0.25, 0.3) is 0 Å². The van der Waals surface area contributed by atoms with Crippen molar-refractivity contribution < 1.29 is 4.39 Å². The van der Waals surface area contributed by atoms with Gasteiger partial charge in [0.2, 0.25) is 0 Å². The standard InChI is InChI=1S/C19H18BFN4/c20-25-11-7-15(8-12-25)19-23-17(13-1-3-16(21)4-2-13)18(24-19)14-5-9-22-10-6-14/h1-6,9-10,15H,7-8,11-12H2,(H,23,24). The summed E-state index contributed by atoms with van der Waals surface area (Å²) in [6, 6.07) is 10.4. The molecule has 0 bridgehead atoms. The van der Waals surface area contributed by atoms with Gasteiger partial charge in [0.05, 0.1) is 11.4 Å². The quantitative estimate of drug-likeness (QED) is 0.746. The van der Waals surface area contributed by atoms with Gasteiger partial charge in [-0.05, 0) is 62.3 Å². The monoisotopic (exact) mass is 332 g/mol. The number of halogens is 1. The van der Waals surface area contributed by atoms with E-state index < -0.39 is 0 Å². The number of nitrogens with zero attached hydrogens (tertiary/aromatic N) is 3. The van der Waals surface area contributed by atoms with Crippen LogP contribution in [0, 0.1) is 5.82 Å². The third-order valence-corrected chi connectivity index (χ3v) is 4.73. The molecule has 0 aliphatic carbocycles. The lowest BCUT2D eigenvalue weighted by atomic mass is 9.94. The summed E-state index contributed by atoms with van der Waals surface area (Å²) in [6.45, 7) is 1.73. The van der Waals surface area contributed by atoms with Gasteiger partial charge >= 0.3 is 0 Å². The van der Waals surface area contributed by atoms with E-state index in [0.29, 0.717) is 5.92 Å². The van der Waals surface area contributed by atoms with Crippen LogP contribution in [-0.4, -0.2) is 40.8 Å². The van der Waals surface area contributed by atoms with Crippen LogP contribution in [0.25, 0.3) is 22.5 Å². The van der Waals surface area contributed by atoms with Gasteiger partial charge in [-0.15, -0.1) is 0 Å². The Labute approximate surface area is 147 Å². The zero-order valence-electron chi connectivity index (χ0n) is 13.8. The predicted octanol–water partition coefficient (Wildman–Crippen LogP) is 3.54. The van der Waals surface area contributed by atoms with Crippen LogP contribution >= 0.6 is 0 Å². The Bertz CT molecular complexity index is 840. The Morgan fingerprint density at radius 3 is 2.36 bits per heavy atom. The molecule has 124 valence electrons. The van der Waals surface area contributed by atoms with E-state index in [1.807, 2.05) is 16.9 Å². The highest BCUT2D eigenvalue weighted by Gasteiger charge is 2.23. The molecule has 1 aliphatic rings. The summed E-state index contributed by atoms with van der Waals surface area (Å²) in [4.78, 5) is 14.3. The highest BCUT2D eigenvalue weighted by molar-refractivity contribution is 6.04. The third kappa shape index (κ3) is 3.35. The molecule has 3 aromatic rings. The zero-order chi connectivity index (χ0) is 17.2. The number of benzene rings is 1. The number of pyridine rings is 1. The molecule has 1 saturated heterocycles. The fraction of sp³-hybridized carbons (Fsp3) is 0.263. The van der Waals surface area contributed by atoms with Crippen LogP contribution < -0.4 is 0 Å². The Kier molecular flexibility index (Phi) is 4.36. The second-order valence-corrected chi connectivity index (χ2v) is 6.40. The van der Waals surface area contributed by atoms with Crippen molar-refractivity contribution in [3.05, 3.63) is 60.4 Å². The van der Waals surface area contributed by atoms with Crippen LogP contribution in [0.5, 0.6) is 0 Å². The number of hydrogen-bond donors (Lipinski definition) is 1. The van der Waals surface area contributed by atoms with Crippen LogP contribution in [0.1, 0.15) is 24.6 Å². The number of hydrogen-bond acceptors (Lipinski definition) is 3. The van der Waals surface area contributed by atoms with E-state index in [1.165, 1.54) is 12.1 Å². The van der Waals surface area contributed by atoms with Crippen LogP contribution in [0.3, 0.4) is 0 Å². The average molecular weight is 332 g/mol. The summed E-state index contributed by atoms with van der Waals surface area (Å²) in [5.74, 6) is 1.08. The van der Waals surface area contributed by atoms with E-state index in [-0.39, 0.29) is 5.82 Å². The molecule has 1 aliphatic heterocycles. The summed E-state index contributed by atoms with van der Waals surface area (Å²) in [5.41, 5.74) is 3.70. The number of aromatic amines is 1. The fourth-order valence-corrected chi connectivity index (χ4v) is 3.30. The minimum atomic E-state index is -0.250. The summed E-state index contributed by atoms with van der Waals surface area (Å²) in [7, 11) is 5.87. The molecule has 0 saturated carbocycles. The van der Waals surface area contributed by atoms with Gasteiger partial charge in [-0.3, -0.25) is 4.98 Å². The van der Waals surface area contributed by atoms with Crippen molar-refractivity contribution in [3.63, 3.8) is 0 Å². The second kappa shape index (κ2) is 6.80. The van der Waals surface area contributed by atoms with E-state index in [4.69, 9.17) is 13.0 Å². The Hall–Kier alpha value is -2.47. The molecular formula is C19H18BFN4. The van der Waals surface area contributed by atoms with Gasteiger partial charge in [0.15, 0.2) is 7.98 Å². The molecule has 0 atom stereocenters. The molecule has 3 heterocycles. The molecule has 0 unspecified atom stereocenters. The first kappa shape index (κ1) is 16.0. The number of nitrogens with one attached hydrogen (secondary N) is 1. The molecular weight excluding hydrogens is 314 g/mol. The van der Waals surface area contributed by atoms with Gasteiger partial charge in [-0.1, -0.05) is 0 Å². The Morgan fingerprint density at radius 2 is 1.68 bits per heavy atom. The minimum Gasteiger partial charge on any atom is -0.353 e. The molecule has 1 N–H and O–H groups in total. The molecule has 4 nitrogen and oxygen atoms in total. The predicted molar refractivity (Wildman–Crippen MR) is 96.5 cm³/mol. The van der Waals surface area contributed by atoms with Crippen molar-refractivity contribution in [3.8, 4) is 22.5 Å². The minimum absolute atomic E-state index is 0.250. The molecule has 6 heteroatoms. The van der Waals surface area contributed by atoms with Crippen molar-refractivity contribution >= 4 is 7.98 Å². The maximum Gasteiger partial charge on any atom is 0.182 e. The van der Waals surface area contributed by atoms with Gasteiger partial charge in [-0.25, -0.2) is 9.37 Å². The molecule has 1 fully saturated rings. The van der Waals surface area contributed by atoms with E-state index in [0.717, 1.165) is 54.3 Å². The third-order valence-electron chi connectivity index (χ3n) is 4.73. The smallest absolute Gasteiger partial charge is 0.182 e. The summed E-state index contributed by atoms with van der Waals surface area (Å²) in [5, 5.41) is 0. The fourth-order valence-electron chi connectivity index (χ4n) is 3.30. The van der Waals surface area contributed by atoms with Gasteiger partial charge in [0, 0.05) is 29.4 Å². The lowest BCUT2D eigenvalue weighted by molar-refractivity contribution is 0.328. The Balaban J connectivity index is 1.77. The number of piperidine rings is 1. The first-order valence-corrected chi connectivity index (χ1v) is 8.46. The van der Waals surface area contributed by atoms with Crippen molar-refractivity contribution in [2.75, 3.05) is 13.1 Å². The number of H-pyrrole nitrogens is 1. The van der Waals surface area contributed by atoms with Crippen molar-refractivity contribution in [1.29, 1.82) is 0 Å². The van der Waals surface area contributed by atoms with Crippen LogP contribution in [0.2, 0.25) is 0 Å². The maximum atomic E-state index is 13.3. The molecule has 0 amide bonds. The zero-order valence-corrected chi connectivity index (χ0v) is 13.8. The molecule has 2 aromatic heterocycles. The molecule has 0 spiro atoms. The number of imidazole rings is 1. The summed E-state index contributed by atoms with van der Waals surface area (Å²) >= 11 is 0. The number of aromatic nitrogens is 3. The van der Waals surface area contributed by atoms with Crippen LogP contribution in [0.15, 0.2) is 48.8 Å². The van der Waals surface area contributed by atoms with Gasteiger partial charge < -0.3 is 9.79 Å². The van der Waals surface area contributed by atoms with Crippen molar-refractivity contribution in [1.82, 2.24) is 19.8 Å². The molecule has 4 rings (SSSR count). The van der Waals surface area contributed by atoms with E-state index in [1.54, 1.807) is 24.5 Å². The Morgan fingerprint density at radius 1 is 1.00 bits per heavy atom. The summed E-state index contributed by atoms with van der Waals surface area (Å²) < 4.78 is 13.3. The first-order chi connectivity index (χ1) is 12.2. The number of rotatable bonds is 3. The van der Waals surface area contributed by atoms with Crippen LogP contribution in [0.4, 0.5) is 4.39 Å². The normalized spacial score (nSPS) is 16.2. The average Bonchev–Trinajstić information content (AvgIpc) is 3.09. The molecule has 1 aromatic carbocycles. The lowest BCUT2D eigenvalue weighted by Gasteiger charge is -2.28. The van der Waals surface area contributed by atoms with E-state index in [9.17, 15) is 4.39 Å². The maximum absolute atomic E-state index is 13.3.